The normalized spacial score (nSPS) is 16.6. The van der Waals surface area contributed by atoms with Gasteiger partial charge in [0.15, 0.2) is 0 Å². The van der Waals surface area contributed by atoms with Crippen LogP contribution >= 0.6 is 0 Å². The fourth-order valence-corrected chi connectivity index (χ4v) is 3.10. The Balaban J connectivity index is 1.51. The standard InChI is InChI=1S/C21H24N4O3/c1-15(11-19-12-20(24-28-19)18-8-4-3-5-9-18)23-21(27)25(16(2)26)14-17-7-6-10-22-13-17/h3-10,13,15,19H,11-12,14H2,1-2H3,(H,23,27). The monoisotopic (exact) mass is 380 g/mol. The predicted molar refractivity (Wildman–Crippen MR) is 106 cm³/mol. The van der Waals surface area contributed by atoms with Crippen molar-refractivity contribution in [3.05, 3.63) is 66.0 Å². The van der Waals surface area contributed by atoms with Gasteiger partial charge in [0.2, 0.25) is 5.91 Å². The number of amides is 3. The number of aromatic nitrogens is 1. The van der Waals surface area contributed by atoms with Crippen molar-refractivity contribution in [2.24, 2.45) is 5.16 Å². The largest absolute Gasteiger partial charge is 0.392 e. The summed E-state index contributed by atoms with van der Waals surface area (Å²) in [7, 11) is 0. The Morgan fingerprint density at radius 2 is 2.04 bits per heavy atom. The summed E-state index contributed by atoms with van der Waals surface area (Å²) in [4.78, 5) is 35.2. The van der Waals surface area contributed by atoms with Crippen LogP contribution in [0.25, 0.3) is 0 Å². The van der Waals surface area contributed by atoms with Crippen molar-refractivity contribution in [3.8, 4) is 0 Å². The topological polar surface area (TPSA) is 83.9 Å². The number of benzene rings is 1. The summed E-state index contributed by atoms with van der Waals surface area (Å²) in [6.45, 7) is 3.45. The van der Waals surface area contributed by atoms with Gasteiger partial charge in [0.1, 0.15) is 6.10 Å². The second kappa shape index (κ2) is 9.12. The lowest BCUT2D eigenvalue weighted by Crippen LogP contribution is -2.46. The molecular formula is C21H24N4O3. The number of nitrogens with zero attached hydrogens (tertiary/aromatic N) is 3. The van der Waals surface area contributed by atoms with Crippen LogP contribution in [0, 0.1) is 0 Å². The zero-order chi connectivity index (χ0) is 19.9. The van der Waals surface area contributed by atoms with Gasteiger partial charge in [-0.15, -0.1) is 0 Å². The minimum absolute atomic E-state index is 0.102. The molecule has 2 heterocycles. The van der Waals surface area contributed by atoms with Crippen molar-refractivity contribution in [1.82, 2.24) is 15.2 Å². The van der Waals surface area contributed by atoms with Crippen LogP contribution in [0.5, 0.6) is 0 Å². The van der Waals surface area contributed by atoms with E-state index in [1.165, 1.54) is 11.8 Å². The van der Waals surface area contributed by atoms with Crippen molar-refractivity contribution in [1.29, 1.82) is 0 Å². The van der Waals surface area contributed by atoms with Gasteiger partial charge in [-0.25, -0.2) is 4.79 Å². The number of imide groups is 1. The lowest BCUT2D eigenvalue weighted by atomic mass is 10.0. The molecule has 0 spiro atoms. The first kappa shape index (κ1) is 19.5. The second-order valence-corrected chi connectivity index (χ2v) is 6.89. The van der Waals surface area contributed by atoms with Crippen LogP contribution in [0.4, 0.5) is 4.79 Å². The Kier molecular flexibility index (Phi) is 6.37. The Morgan fingerprint density at radius 1 is 1.25 bits per heavy atom. The van der Waals surface area contributed by atoms with Gasteiger partial charge in [-0.05, 0) is 24.1 Å². The van der Waals surface area contributed by atoms with Crippen molar-refractivity contribution in [2.75, 3.05) is 0 Å². The van der Waals surface area contributed by atoms with E-state index in [1.807, 2.05) is 43.3 Å². The first-order chi connectivity index (χ1) is 13.5. The maximum absolute atomic E-state index is 12.6. The van der Waals surface area contributed by atoms with E-state index in [2.05, 4.69) is 15.5 Å². The van der Waals surface area contributed by atoms with Gasteiger partial charge in [-0.1, -0.05) is 41.6 Å². The lowest BCUT2D eigenvalue weighted by molar-refractivity contribution is -0.126. The molecule has 3 rings (SSSR count). The summed E-state index contributed by atoms with van der Waals surface area (Å²) in [5.74, 6) is -0.319. The Labute approximate surface area is 164 Å². The van der Waals surface area contributed by atoms with Crippen LogP contribution < -0.4 is 5.32 Å². The van der Waals surface area contributed by atoms with E-state index in [-0.39, 0.29) is 24.6 Å². The number of pyridine rings is 1. The van der Waals surface area contributed by atoms with E-state index >= 15 is 0 Å². The molecule has 3 amide bonds. The number of hydrogen-bond donors (Lipinski definition) is 1. The van der Waals surface area contributed by atoms with Crippen LogP contribution in [-0.2, 0) is 16.2 Å². The molecule has 0 bridgehead atoms. The Morgan fingerprint density at radius 3 is 2.71 bits per heavy atom. The third kappa shape index (κ3) is 5.16. The van der Waals surface area contributed by atoms with Crippen molar-refractivity contribution < 1.29 is 14.4 Å². The molecule has 1 aromatic carbocycles. The van der Waals surface area contributed by atoms with E-state index in [9.17, 15) is 9.59 Å². The van der Waals surface area contributed by atoms with Crippen LogP contribution in [0.15, 0.2) is 60.0 Å². The van der Waals surface area contributed by atoms with Crippen LogP contribution in [0.1, 0.15) is 37.8 Å². The number of hydrogen-bond acceptors (Lipinski definition) is 5. The highest BCUT2D eigenvalue weighted by molar-refractivity contribution is 6.01. The molecule has 1 aliphatic rings. The number of nitrogens with one attached hydrogen (secondary N) is 1. The highest BCUT2D eigenvalue weighted by atomic mass is 16.6. The zero-order valence-corrected chi connectivity index (χ0v) is 16.0. The van der Waals surface area contributed by atoms with Gasteiger partial charge in [0, 0.05) is 38.2 Å². The minimum Gasteiger partial charge on any atom is -0.392 e. The predicted octanol–water partition coefficient (Wildman–Crippen LogP) is 3.11. The molecule has 0 aliphatic carbocycles. The molecule has 1 N–H and O–H groups in total. The summed E-state index contributed by atoms with van der Waals surface area (Å²) in [5, 5.41) is 7.05. The highest BCUT2D eigenvalue weighted by Crippen LogP contribution is 2.20. The summed E-state index contributed by atoms with van der Waals surface area (Å²) in [6.07, 6.45) is 4.48. The molecule has 0 saturated heterocycles. The molecule has 1 aromatic heterocycles. The molecular weight excluding hydrogens is 356 g/mol. The molecule has 2 unspecified atom stereocenters. The van der Waals surface area contributed by atoms with Gasteiger partial charge in [0.25, 0.3) is 0 Å². The van der Waals surface area contributed by atoms with E-state index < -0.39 is 6.03 Å². The Hall–Kier alpha value is -3.22. The zero-order valence-electron chi connectivity index (χ0n) is 16.0. The van der Waals surface area contributed by atoms with Gasteiger partial charge in [0.05, 0.1) is 12.3 Å². The number of urea groups is 1. The maximum atomic E-state index is 12.6. The summed E-state index contributed by atoms with van der Waals surface area (Å²) in [5.41, 5.74) is 2.74. The molecule has 2 aromatic rings. The van der Waals surface area contributed by atoms with E-state index in [4.69, 9.17) is 4.84 Å². The first-order valence-electron chi connectivity index (χ1n) is 9.28. The highest BCUT2D eigenvalue weighted by Gasteiger charge is 2.26. The first-order valence-corrected chi connectivity index (χ1v) is 9.28. The summed E-state index contributed by atoms with van der Waals surface area (Å²) >= 11 is 0. The Bertz CT molecular complexity index is 839. The lowest BCUT2D eigenvalue weighted by Gasteiger charge is -2.23. The summed E-state index contributed by atoms with van der Waals surface area (Å²) in [6, 6.07) is 12.9. The van der Waals surface area contributed by atoms with Crippen molar-refractivity contribution in [3.63, 3.8) is 0 Å². The van der Waals surface area contributed by atoms with Crippen molar-refractivity contribution >= 4 is 17.6 Å². The van der Waals surface area contributed by atoms with E-state index in [1.54, 1.807) is 18.5 Å². The van der Waals surface area contributed by atoms with Crippen LogP contribution in [-0.4, -0.2) is 39.7 Å². The fourth-order valence-electron chi connectivity index (χ4n) is 3.10. The molecule has 2 atom stereocenters. The molecule has 0 fully saturated rings. The average Bonchev–Trinajstić information content (AvgIpc) is 3.15. The van der Waals surface area contributed by atoms with Gasteiger partial charge >= 0.3 is 6.03 Å². The SMILES string of the molecule is CC(=O)N(Cc1cccnc1)C(=O)NC(C)CC1CC(c2ccccc2)=NO1. The molecule has 7 heteroatoms. The van der Waals surface area contributed by atoms with Crippen molar-refractivity contribution in [2.45, 2.75) is 45.4 Å². The number of carbonyl (C=O) groups is 2. The number of carbonyl (C=O) groups excluding carboxylic acids is 2. The molecule has 0 radical (unpaired) electrons. The molecule has 1 aliphatic heterocycles. The van der Waals surface area contributed by atoms with Crippen LogP contribution in [0.3, 0.4) is 0 Å². The van der Waals surface area contributed by atoms with E-state index in [0.29, 0.717) is 12.8 Å². The number of rotatable bonds is 6. The second-order valence-electron chi connectivity index (χ2n) is 6.89. The van der Waals surface area contributed by atoms with Crippen LogP contribution in [0.2, 0.25) is 0 Å². The number of oxime groups is 1. The van der Waals surface area contributed by atoms with Gasteiger partial charge < -0.3 is 10.2 Å². The minimum atomic E-state index is -0.425. The molecule has 0 saturated carbocycles. The third-order valence-electron chi connectivity index (χ3n) is 4.52. The molecule has 7 nitrogen and oxygen atoms in total. The fraction of sp³-hybridized carbons (Fsp3) is 0.333. The quantitative estimate of drug-likeness (QED) is 0.835. The summed E-state index contributed by atoms with van der Waals surface area (Å²) < 4.78 is 0. The van der Waals surface area contributed by atoms with Gasteiger partial charge in [-0.2, -0.15) is 0 Å². The maximum Gasteiger partial charge on any atom is 0.324 e. The molecule has 28 heavy (non-hydrogen) atoms. The third-order valence-corrected chi connectivity index (χ3v) is 4.52. The average molecular weight is 380 g/mol. The smallest absolute Gasteiger partial charge is 0.324 e. The van der Waals surface area contributed by atoms with E-state index in [0.717, 1.165) is 16.8 Å². The molecule has 146 valence electrons. The van der Waals surface area contributed by atoms with Gasteiger partial charge in [-0.3, -0.25) is 14.7 Å².